The molecule has 1 unspecified atom stereocenters. The van der Waals surface area contributed by atoms with Gasteiger partial charge < -0.3 is 10.1 Å². The number of hydrogen-bond acceptors (Lipinski definition) is 6. The van der Waals surface area contributed by atoms with Crippen LogP contribution in [0.1, 0.15) is 17.3 Å². The number of esters is 1. The number of para-hydroxylation sites is 1. The number of sulfonamides is 1. The normalized spacial score (nSPS) is 12.5. The largest absolute Gasteiger partial charge is 0.449 e. The van der Waals surface area contributed by atoms with Crippen LogP contribution < -0.4 is 5.32 Å². The first-order valence-electron chi connectivity index (χ1n) is 8.17. The zero-order chi connectivity index (χ0) is 21.8. The summed E-state index contributed by atoms with van der Waals surface area (Å²) in [5.41, 5.74) is -0.816. The number of nitrogens with zero attached hydrogens (tertiary/aromatic N) is 1. The number of hydrogen-bond donors (Lipinski definition) is 1. The minimum absolute atomic E-state index is 0.146. The van der Waals surface area contributed by atoms with E-state index in [2.05, 4.69) is 4.84 Å². The van der Waals surface area contributed by atoms with Crippen molar-refractivity contribution in [2.45, 2.75) is 17.9 Å². The molecule has 0 aliphatic carbocycles. The number of halogens is 2. The Balaban J connectivity index is 2.14. The summed E-state index contributed by atoms with van der Waals surface area (Å²) in [6.07, 6.45) is -1.41. The van der Waals surface area contributed by atoms with Gasteiger partial charge in [-0.25, -0.2) is 22.0 Å². The smallest absolute Gasteiger partial charge is 0.338 e. The molecule has 2 aromatic rings. The molecular formula is C18H18F2N2O6S. The molecule has 0 aliphatic rings. The average Bonchev–Trinajstić information content (AvgIpc) is 2.69. The first-order chi connectivity index (χ1) is 13.6. The van der Waals surface area contributed by atoms with Gasteiger partial charge in [0.05, 0.1) is 17.6 Å². The lowest BCUT2D eigenvalue weighted by Crippen LogP contribution is -2.31. The summed E-state index contributed by atoms with van der Waals surface area (Å²) >= 11 is 0. The lowest BCUT2D eigenvalue weighted by atomic mass is 10.2. The highest BCUT2D eigenvalue weighted by Crippen LogP contribution is 2.19. The number of ether oxygens (including phenoxy) is 1. The third-order valence-corrected chi connectivity index (χ3v) is 5.50. The van der Waals surface area contributed by atoms with E-state index in [1.165, 1.54) is 32.2 Å². The SMILES string of the molecule is CON(C)S(=O)(=O)c1cccc(C(=O)OC(C)C(=O)Nc2c(F)cccc2F)c1. The van der Waals surface area contributed by atoms with Crippen LogP contribution in [0, 0.1) is 11.6 Å². The van der Waals surface area contributed by atoms with Crippen LogP contribution in [0.5, 0.6) is 0 Å². The van der Waals surface area contributed by atoms with E-state index in [0.717, 1.165) is 31.4 Å². The predicted molar refractivity (Wildman–Crippen MR) is 98.3 cm³/mol. The number of hydroxylamine groups is 1. The number of amides is 1. The van der Waals surface area contributed by atoms with Gasteiger partial charge in [0.2, 0.25) is 0 Å². The third-order valence-electron chi connectivity index (χ3n) is 3.83. The first kappa shape index (κ1) is 22.4. The van der Waals surface area contributed by atoms with E-state index in [9.17, 15) is 26.8 Å². The van der Waals surface area contributed by atoms with Crippen LogP contribution in [0.2, 0.25) is 0 Å². The van der Waals surface area contributed by atoms with Gasteiger partial charge in [-0.15, -0.1) is 0 Å². The van der Waals surface area contributed by atoms with Crippen molar-refractivity contribution < 1.29 is 36.4 Å². The quantitative estimate of drug-likeness (QED) is 0.537. The molecule has 0 aromatic heterocycles. The molecule has 156 valence electrons. The molecule has 1 amide bonds. The standard InChI is InChI=1S/C18H18F2N2O6S/c1-11(17(23)21-16-14(19)8-5-9-15(16)20)28-18(24)12-6-4-7-13(10-12)29(25,26)22(2)27-3/h4-11H,1-3H3,(H,21,23). The molecule has 0 spiro atoms. The van der Waals surface area contributed by atoms with Gasteiger partial charge in [0.25, 0.3) is 15.9 Å². The number of nitrogens with one attached hydrogen (secondary N) is 1. The molecule has 0 fully saturated rings. The van der Waals surface area contributed by atoms with Crippen molar-refractivity contribution in [3.05, 3.63) is 59.7 Å². The number of rotatable bonds is 7. The van der Waals surface area contributed by atoms with Crippen molar-refractivity contribution in [3.8, 4) is 0 Å². The maximum Gasteiger partial charge on any atom is 0.338 e. The van der Waals surface area contributed by atoms with E-state index in [0.29, 0.717) is 4.47 Å². The van der Waals surface area contributed by atoms with Gasteiger partial charge in [0.15, 0.2) is 6.10 Å². The first-order valence-corrected chi connectivity index (χ1v) is 9.61. The molecule has 0 heterocycles. The fraction of sp³-hybridized carbons (Fsp3) is 0.222. The zero-order valence-corrected chi connectivity index (χ0v) is 16.5. The Labute approximate surface area is 166 Å². The highest BCUT2D eigenvalue weighted by Gasteiger charge is 2.24. The fourth-order valence-electron chi connectivity index (χ4n) is 2.15. The second kappa shape index (κ2) is 9.07. The lowest BCUT2D eigenvalue weighted by Gasteiger charge is -2.16. The third kappa shape index (κ3) is 5.13. The molecule has 0 saturated heterocycles. The van der Waals surface area contributed by atoms with E-state index in [1.807, 2.05) is 5.32 Å². The second-order valence-electron chi connectivity index (χ2n) is 5.76. The highest BCUT2D eigenvalue weighted by atomic mass is 32.2. The number of benzene rings is 2. The molecule has 0 aliphatic heterocycles. The van der Waals surface area contributed by atoms with Crippen molar-refractivity contribution in [2.24, 2.45) is 0 Å². The fourth-order valence-corrected chi connectivity index (χ4v) is 3.17. The molecule has 0 radical (unpaired) electrons. The van der Waals surface area contributed by atoms with Crippen molar-refractivity contribution in [3.63, 3.8) is 0 Å². The maximum absolute atomic E-state index is 13.6. The van der Waals surface area contributed by atoms with Crippen molar-refractivity contribution >= 4 is 27.6 Å². The van der Waals surface area contributed by atoms with E-state index < -0.39 is 45.3 Å². The molecular weight excluding hydrogens is 410 g/mol. The summed E-state index contributed by atoms with van der Waals surface area (Å²) in [7, 11) is -1.66. The number of carbonyl (C=O) groups excluding carboxylic acids is 2. The molecule has 8 nitrogen and oxygen atoms in total. The Morgan fingerprint density at radius 2 is 1.69 bits per heavy atom. The monoisotopic (exact) mass is 428 g/mol. The number of anilines is 1. The van der Waals surface area contributed by atoms with E-state index in [4.69, 9.17) is 4.74 Å². The molecule has 2 aromatic carbocycles. The minimum Gasteiger partial charge on any atom is -0.449 e. The van der Waals surface area contributed by atoms with Gasteiger partial charge in [-0.2, -0.15) is 0 Å². The van der Waals surface area contributed by atoms with Gasteiger partial charge in [-0.05, 0) is 37.3 Å². The summed E-state index contributed by atoms with van der Waals surface area (Å²) < 4.78 is 57.3. The summed E-state index contributed by atoms with van der Waals surface area (Å²) in [6.45, 7) is 1.20. The van der Waals surface area contributed by atoms with Crippen LogP contribution >= 0.6 is 0 Å². The Kier molecular flexibility index (Phi) is 7.01. The van der Waals surface area contributed by atoms with E-state index in [-0.39, 0.29) is 10.5 Å². The zero-order valence-electron chi connectivity index (χ0n) is 15.7. The molecule has 0 bridgehead atoms. The number of carbonyl (C=O) groups is 2. The van der Waals surface area contributed by atoms with Gasteiger partial charge >= 0.3 is 5.97 Å². The van der Waals surface area contributed by atoms with E-state index in [1.54, 1.807) is 0 Å². The Bertz CT molecular complexity index is 1010. The van der Waals surface area contributed by atoms with Crippen molar-refractivity contribution in [2.75, 3.05) is 19.5 Å². The molecule has 11 heteroatoms. The predicted octanol–water partition coefficient (Wildman–Crippen LogP) is 2.33. The molecule has 0 saturated carbocycles. The van der Waals surface area contributed by atoms with Crippen LogP contribution in [0.4, 0.5) is 14.5 Å². The van der Waals surface area contributed by atoms with Crippen LogP contribution in [-0.2, 0) is 24.4 Å². The Morgan fingerprint density at radius 1 is 1.10 bits per heavy atom. The molecule has 2 rings (SSSR count). The topological polar surface area (TPSA) is 102 Å². The van der Waals surface area contributed by atoms with E-state index >= 15 is 0 Å². The average molecular weight is 428 g/mol. The summed E-state index contributed by atoms with van der Waals surface area (Å²) in [4.78, 5) is 28.8. The lowest BCUT2D eigenvalue weighted by molar-refractivity contribution is -0.123. The van der Waals surface area contributed by atoms with Crippen molar-refractivity contribution in [1.82, 2.24) is 4.47 Å². The van der Waals surface area contributed by atoms with Gasteiger partial charge in [0, 0.05) is 7.05 Å². The highest BCUT2D eigenvalue weighted by molar-refractivity contribution is 7.89. The Hall–Kier alpha value is -2.89. The van der Waals surface area contributed by atoms with Gasteiger partial charge in [-0.1, -0.05) is 16.6 Å². The van der Waals surface area contributed by atoms with Crippen LogP contribution in [-0.4, -0.2) is 45.0 Å². The maximum atomic E-state index is 13.6. The second-order valence-corrected chi connectivity index (χ2v) is 7.69. The van der Waals surface area contributed by atoms with Crippen molar-refractivity contribution in [1.29, 1.82) is 0 Å². The molecule has 1 atom stereocenters. The Morgan fingerprint density at radius 3 is 2.28 bits per heavy atom. The minimum atomic E-state index is -4.00. The molecule has 1 N–H and O–H groups in total. The summed E-state index contributed by atoms with van der Waals surface area (Å²) in [6, 6.07) is 7.94. The van der Waals surface area contributed by atoms with Gasteiger partial charge in [0.1, 0.15) is 17.3 Å². The summed E-state index contributed by atoms with van der Waals surface area (Å²) in [5.74, 6) is -3.95. The summed E-state index contributed by atoms with van der Waals surface area (Å²) in [5, 5.41) is 2.01. The molecule has 29 heavy (non-hydrogen) atoms. The van der Waals surface area contributed by atoms with Crippen LogP contribution in [0.15, 0.2) is 47.4 Å². The van der Waals surface area contributed by atoms with Crippen LogP contribution in [0.25, 0.3) is 0 Å². The van der Waals surface area contributed by atoms with Gasteiger partial charge in [-0.3, -0.25) is 9.63 Å². The van der Waals surface area contributed by atoms with Crippen LogP contribution in [0.3, 0.4) is 0 Å².